The Morgan fingerprint density at radius 1 is 1.00 bits per heavy atom. The van der Waals surface area contributed by atoms with E-state index in [0.29, 0.717) is 25.8 Å². The molecule has 0 spiro atoms. The Labute approximate surface area is 203 Å². The van der Waals surface area contributed by atoms with E-state index in [9.17, 15) is 9.59 Å². The number of carbonyl (C=O) groups excluding carboxylic acids is 2. The summed E-state index contributed by atoms with van der Waals surface area (Å²) in [6.45, 7) is 5.69. The van der Waals surface area contributed by atoms with Crippen LogP contribution in [0.1, 0.15) is 69.9 Å². The van der Waals surface area contributed by atoms with Crippen LogP contribution in [-0.2, 0) is 26.2 Å². The van der Waals surface area contributed by atoms with Gasteiger partial charge < -0.3 is 15.4 Å². The van der Waals surface area contributed by atoms with Crippen LogP contribution in [0.4, 0.5) is 0 Å². The summed E-state index contributed by atoms with van der Waals surface area (Å²) in [6, 6.07) is 20.9. The third kappa shape index (κ3) is 6.06. The lowest BCUT2D eigenvalue weighted by Crippen LogP contribution is -2.46. The monoisotopic (exact) mass is 462 g/mol. The molecule has 0 radical (unpaired) electrons. The normalized spacial score (nSPS) is 26.1. The second kappa shape index (κ2) is 10.3. The summed E-state index contributed by atoms with van der Waals surface area (Å²) in [4.78, 5) is 24.9. The first-order chi connectivity index (χ1) is 16.3. The number of amides is 2. The number of nitrogens with one attached hydrogen (secondary N) is 2. The van der Waals surface area contributed by atoms with Crippen molar-refractivity contribution in [1.29, 1.82) is 0 Å². The Morgan fingerprint density at radius 3 is 2.35 bits per heavy atom. The highest BCUT2D eigenvalue weighted by Gasteiger charge is 2.42. The van der Waals surface area contributed by atoms with Crippen molar-refractivity contribution in [1.82, 2.24) is 10.6 Å². The third-order valence-electron chi connectivity index (χ3n) is 7.60. The molecule has 2 aromatic carbocycles. The maximum absolute atomic E-state index is 12.8. The largest absolute Gasteiger partial charge is 0.376 e. The van der Waals surface area contributed by atoms with E-state index in [-0.39, 0.29) is 28.4 Å². The van der Waals surface area contributed by atoms with E-state index in [2.05, 4.69) is 66.9 Å². The van der Waals surface area contributed by atoms with E-state index in [1.807, 2.05) is 18.2 Å². The van der Waals surface area contributed by atoms with Crippen molar-refractivity contribution in [3.63, 3.8) is 0 Å². The topological polar surface area (TPSA) is 67.4 Å². The number of benzene rings is 2. The van der Waals surface area contributed by atoms with E-state index in [0.717, 1.165) is 38.7 Å². The highest BCUT2D eigenvalue weighted by atomic mass is 16.5. The molecule has 34 heavy (non-hydrogen) atoms. The summed E-state index contributed by atoms with van der Waals surface area (Å²) >= 11 is 0. The van der Waals surface area contributed by atoms with Crippen LogP contribution < -0.4 is 10.6 Å². The molecule has 5 nitrogen and oxygen atoms in total. The van der Waals surface area contributed by atoms with Gasteiger partial charge in [-0.3, -0.25) is 9.59 Å². The van der Waals surface area contributed by atoms with Crippen molar-refractivity contribution in [2.45, 2.75) is 81.8 Å². The molecule has 2 aliphatic heterocycles. The van der Waals surface area contributed by atoms with Gasteiger partial charge in [0.05, 0.1) is 5.60 Å². The van der Waals surface area contributed by atoms with Crippen LogP contribution in [0.2, 0.25) is 0 Å². The molecular formula is C29H38N2O3. The molecule has 2 N–H and O–H groups in total. The first-order valence-corrected chi connectivity index (χ1v) is 12.6. The summed E-state index contributed by atoms with van der Waals surface area (Å²) in [5.41, 5.74) is 2.02. The Hall–Kier alpha value is -2.66. The maximum atomic E-state index is 12.8. The molecule has 2 saturated heterocycles. The molecule has 2 aliphatic rings. The van der Waals surface area contributed by atoms with E-state index in [4.69, 9.17) is 4.74 Å². The molecular weight excluding hydrogens is 424 g/mol. The first-order valence-electron chi connectivity index (χ1n) is 12.6. The van der Waals surface area contributed by atoms with Gasteiger partial charge in [0.1, 0.15) is 0 Å². The number of hydrogen-bond acceptors (Lipinski definition) is 3. The summed E-state index contributed by atoms with van der Waals surface area (Å²) in [6.07, 6.45) is 5.94. The van der Waals surface area contributed by atoms with Crippen molar-refractivity contribution in [2.24, 2.45) is 0 Å². The predicted molar refractivity (Wildman–Crippen MR) is 134 cm³/mol. The second-order valence-electron chi connectivity index (χ2n) is 10.8. The van der Waals surface area contributed by atoms with E-state index in [1.54, 1.807) is 0 Å². The van der Waals surface area contributed by atoms with Gasteiger partial charge in [-0.25, -0.2) is 0 Å². The van der Waals surface area contributed by atoms with Crippen LogP contribution in [0.3, 0.4) is 0 Å². The van der Waals surface area contributed by atoms with Gasteiger partial charge in [-0.05, 0) is 63.5 Å². The fourth-order valence-electron chi connectivity index (χ4n) is 5.92. The maximum Gasteiger partial charge on any atom is 0.220 e. The van der Waals surface area contributed by atoms with Gasteiger partial charge >= 0.3 is 0 Å². The number of hydrogen-bond donors (Lipinski definition) is 2. The Morgan fingerprint density at radius 2 is 1.71 bits per heavy atom. The highest BCUT2D eigenvalue weighted by molar-refractivity contribution is 5.80. The van der Waals surface area contributed by atoms with Crippen molar-refractivity contribution in [3.8, 4) is 0 Å². The van der Waals surface area contributed by atoms with Gasteiger partial charge in [-0.2, -0.15) is 0 Å². The Bertz CT molecular complexity index is 975. The lowest BCUT2D eigenvalue weighted by molar-refractivity contribution is -0.123. The van der Waals surface area contributed by atoms with Gasteiger partial charge in [0.2, 0.25) is 11.8 Å². The molecule has 182 valence electrons. The van der Waals surface area contributed by atoms with Gasteiger partial charge in [-0.1, -0.05) is 60.7 Å². The Kier molecular flexibility index (Phi) is 7.42. The molecule has 0 bridgehead atoms. The molecule has 0 saturated carbocycles. The number of carbonyl (C=O) groups is 2. The van der Waals surface area contributed by atoms with Crippen molar-refractivity contribution in [3.05, 3.63) is 71.8 Å². The molecule has 0 aliphatic carbocycles. The van der Waals surface area contributed by atoms with Crippen LogP contribution in [0, 0.1) is 0 Å². The minimum Gasteiger partial charge on any atom is -0.376 e. The Balaban J connectivity index is 1.35. The molecule has 2 aromatic rings. The standard InChI is InChI=1S/C29H38N2O3/c1-27(2)22-28(18-20-34-27,24-11-7-4-8-12-24)17-19-30-25(32)13-15-29(16-14-26(33)31-29)21-23-9-5-3-6-10-23/h3-12H,13-22H2,1-2H3,(H,30,32)(H,31,33). The van der Waals surface area contributed by atoms with Gasteiger partial charge in [0, 0.05) is 36.9 Å². The van der Waals surface area contributed by atoms with Crippen LogP contribution in [-0.4, -0.2) is 36.1 Å². The predicted octanol–water partition coefficient (Wildman–Crippen LogP) is 4.69. The third-order valence-corrected chi connectivity index (χ3v) is 7.60. The second-order valence-corrected chi connectivity index (χ2v) is 10.8. The number of ether oxygens (including phenoxy) is 1. The van der Waals surface area contributed by atoms with E-state index in [1.165, 1.54) is 11.1 Å². The minimum absolute atomic E-state index is 0.00422. The SMILES string of the molecule is CC1(C)CC(CCNC(=O)CCC2(Cc3ccccc3)CCC(=O)N2)(c2ccccc2)CCO1. The van der Waals surface area contributed by atoms with Gasteiger partial charge in [0.25, 0.3) is 0 Å². The lowest BCUT2D eigenvalue weighted by Gasteiger charge is -2.45. The molecule has 2 amide bonds. The molecule has 2 unspecified atom stereocenters. The van der Waals surface area contributed by atoms with Gasteiger partial charge in [0.15, 0.2) is 0 Å². The van der Waals surface area contributed by atoms with E-state index < -0.39 is 0 Å². The fourth-order valence-corrected chi connectivity index (χ4v) is 5.92. The lowest BCUT2D eigenvalue weighted by atomic mass is 9.67. The summed E-state index contributed by atoms with van der Waals surface area (Å²) < 4.78 is 6.01. The minimum atomic E-state index is -0.328. The molecule has 4 rings (SSSR count). The highest BCUT2D eigenvalue weighted by Crippen LogP contribution is 2.43. The molecule has 2 atom stereocenters. The van der Waals surface area contributed by atoms with Crippen molar-refractivity contribution < 1.29 is 14.3 Å². The molecule has 2 heterocycles. The quantitative estimate of drug-likeness (QED) is 0.568. The first kappa shape index (κ1) is 24.5. The fraction of sp³-hybridized carbons (Fsp3) is 0.517. The zero-order chi connectivity index (χ0) is 24.1. The molecule has 5 heteroatoms. The summed E-state index contributed by atoms with van der Waals surface area (Å²) in [5, 5.41) is 6.36. The molecule has 0 aromatic heterocycles. The van der Waals surface area contributed by atoms with Crippen LogP contribution in [0.15, 0.2) is 60.7 Å². The van der Waals surface area contributed by atoms with Crippen LogP contribution in [0.5, 0.6) is 0 Å². The van der Waals surface area contributed by atoms with Crippen molar-refractivity contribution >= 4 is 11.8 Å². The summed E-state index contributed by atoms with van der Waals surface area (Å²) in [5.74, 6) is 0.145. The summed E-state index contributed by atoms with van der Waals surface area (Å²) in [7, 11) is 0. The van der Waals surface area contributed by atoms with Gasteiger partial charge in [-0.15, -0.1) is 0 Å². The number of rotatable bonds is 9. The van der Waals surface area contributed by atoms with Crippen molar-refractivity contribution in [2.75, 3.05) is 13.2 Å². The average molecular weight is 463 g/mol. The van der Waals surface area contributed by atoms with E-state index >= 15 is 0 Å². The zero-order valence-electron chi connectivity index (χ0n) is 20.6. The molecule has 2 fully saturated rings. The zero-order valence-corrected chi connectivity index (χ0v) is 20.6. The smallest absolute Gasteiger partial charge is 0.220 e. The van der Waals surface area contributed by atoms with Crippen LogP contribution in [0.25, 0.3) is 0 Å². The average Bonchev–Trinajstić information content (AvgIpc) is 3.19. The van der Waals surface area contributed by atoms with Crippen LogP contribution >= 0.6 is 0 Å².